The van der Waals surface area contributed by atoms with Crippen LogP contribution in [0.2, 0.25) is 0 Å². The Hall–Kier alpha value is -2.15. The van der Waals surface area contributed by atoms with E-state index in [0.717, 1.165) is 18.5 Å². The Morgan fingerprint density at radius 2 is 1.86 bits per heavy atom. The Morgan fingerprint density at radius 1 is 1.14 bits per heavy atom. The van der Waals surface area contributed by atoms with Crippen LogP contribution >= 0.6 is 0 Å². The van der Waals surface area contributed by atoms with Crippen LogP contribution < -0.4 is 5.32 Å². The molecule has 6 heteroatoms. The molecule has 1 aromatic heterocycles. The molecule has 0 amide bonds. The molecular formula is C23H30N2O3S. The summed E-state index contributed by atoms with van der Waals surface area (Å²) in [6, 6.07) is 13.5. The Kier molecular flexibility index (Phi) is 6.77. The van der Waals surface area contributed by atoms with E-state index in [1.54, 1.807) is 12.1 Å². The van der Waals surface area contributed by atoms with E-state index in [4.69, 9.17) is 4.55 Å². The molecule has 0 saturated carbocycles. The molecule has 2 atom stereocenters. The number of rotatable bonds is 3. The molecule has 29 heavy (non-hydrogen) atoms. The highest BCUT2D eigenvalue weighted by molar-refractivity contribution is 7.85. The van der Waals surface area contributed by atoms with Crippen LogP contribution in [0.3, 0.4) is 0 Å². The molecule has 1 fully saturated rings. The van der Waals surface area contributed by atoms with Gasteiger partial charge in [0.05, 0.1) is 4.90 Å². The van der Waals surface area contributed by atoms with Crippen LogP contribution in [0.5, 0.6) is 0 Å². The minimum absolute atomic E-state index is 0.0666. The average molecular weight is 415 g/mol. The SMILES string of the molecule is CCc1ccc2[nH]cc(C3CCNC(C)C3)c2c1.Cc1ccc(S(=O)(=O)O)cc1. The smallest absolute Gasteiger partial charge is 0.294 e. The van der Waals surface area contributed by atoms with Crippen LogP contribution in [0.15, 0.2) is 53.6 Å². The monoisotopic (exact) mass is 414 g/mol. The van der Waals surface area contributed by atoms with Crippen molar-refractivity contribution in [2.75, 3.05) is 6.54 Å². The van der Waals surface area contributed by atoms with Crippen LogP contribution in [-0.4, -0.2) is 30.5 Å². The van der Waals surface area contributed by atoms with E-state index in [9.17, 15) is 8.42 Å². The molecule has 1 aliphatic rings. The third-order valence-electron chi connectivity index (χ3n) is 5.57. The normalized spacial score (nSPS) is 19.6. The number of aromatic nitrogens is 1. The summed E-state index contributed by atoms with van der Waals surface area (Å²) >= 11 is 0. The molecule has 0 radical (unpaired) electrons. The molecule has 156 valence electrons. The molecule has 2 aromatic carbocycles. The van der Waals surface area contributed by atoms with E-state index in [2.05, 4.69) is 48.5 Å². The first-order valence-electron chi connectivity index (χ1n) is 10.2. The first-order valence-corrected chi connectivity index (χ1v) is 11.6. The summed E-state index contributed by atoms with van der Waals surface area (Å²) in [5, 5.41) is 4.97. The van der Waals surface area contributed by atoms with Gasteiger partial charge in [-0.15, -0.1) is 0 Å². The van der Waals surface area contributed by atoms with Gasteiger partial charge in [0.25, 0.3) is 10.1 Å². The maximum absolute atomic E-state index is 10.5. The molecule has 1 aliphatic heterocycles. The second-order valence-corrected chi connectivity index (χ2v) is 9.26. The average Bonchev–Trinajstić information content (AvgIpc) is 3.11. The van der Waals surface area contributed by atoms with Gasteiger partial charge in [-0.05, 0) is 81.0 Å². The van der Waals surface area contributed by atoms with Crippen molar-refractivity contribution >= 4 is 21.0 Å². The quantitative estimate of drug-likeness (QED) is 0.536. The van der Waals surface area contributed by atoms with Crippen molar-refractivity contribution in [2.24, 2.45) is 0 Å². The number of hydrogen-bond donors (Lipinski definition) is 3. The fraction of sp³-hybridized carbons (Fsp3) is 0.391. The topological polar surface area (TPSA) is 82.2 Å². The summed E-state index contributed by atoms with van der Waals surface area (Å²) in [4.78, 5) is 3.36. The summed E-state index contributed by atoms with van der Waals surface area (Å²) in [5.74, 6) is 0.710. The van der Waals surface area contributed by atoms with Gasteiger partial charge in [-0.2, -0.15) is 8.42 Å². The predicted molar refractivity (Wildman–Crippen MR) is 118 cm³/mol. The molecule has 0 spiro atoms. The predicted octanol–water partition coefficient (Wildman–Crippen LogP) is 4.83. The lowest BCUT2D eigenvalue weighted by molar-refractivity contribution is 0.382. The number of hydrogen-bond acceptors (Lipinski definition) is 3. The van der Waals surface area contributed by atoms with Gasteiger partial charge in [0.15, 0.2) is 0 Å². The van der Waals surface area contributed by atoms with Crippen molar-refractivity contribution in [1.82, 2.24) is 10.3 Å². The fourth-order valence-corrected chi connectivity index (χ4v) is 4.35. The Labute approximate surface area is 173 Å². The van der Waals surface area contributed by atoms with E-state index in [1.165, 1.54) is 47.0 Å². The minimum atomic E-state index is -4.02. The number of nitrogens with one attached hydrogen (secondary N) is 2. The Morgan fingerprint density at radius 3 is 2.48 bits per heavy atom. The van der Waals surface area contributed by atoms with Gasteiger partial charge in [-0.25, -0.2) is 0 Å². The molecule has 3 aromatic rings. The van der Waals surface area contributed by atoms with Crippen molar-refractivity contribution < 1.29 is 13.0 Å². The van der Waals surface area contributed by atoms with Crippen LogP contribution in [0.4, 0.5) is 0 Å². The fourth-order valence-electron chi connectivity index (χ4n) is 3.87. The van der Waals surface area contributed by atoms with Gasteiger partial charge in [-0.1, -0.05) is 30.7 Å². The summed E-state index contributed by atoms with van der Waals surface area (Å²) < 4.78 is 29.6. The largest absolute Gasteiger partial charge is 0.361 e. The van der Waals surface area contributed by atoms with Gasteiger partial charge in [0, 0.05) is 23.1 Å². The van der Waals surface area contributed by atoms with Crippen molar-refractivity contribution in [2.45, 2.75) is 56.9 Å². The molecule has 3 N–H and O–H groups in total. The van der Waals surface area contributed by atoms with Crippen molar-refractivity contribution in [3.05, 3.63) is 65.4 Å². The van der Waals surface area contributed by atoms with Crippen LogP contribution in [-0.2, 0) is 16.5 Å². The highest BCUT2D eigenvalue weighted by atomic mass is 32.2. The number of aromatic amines is 1. The van der Waals surface area contributed by atoms with E-state index in [1.807, 2.05) is 6.92 Å². The van der Waals surface area contributed by atoms with Gasteiger partial charge < -0.3 is 10.3 Å². The standard InChI is InChI=1S/C16H22N2.C7H8O3S/c1-3-12-4-5-16-14(9-12)15(10-18-16)13-6-7-17-11(2)8-13;1-6-2-4-7(5-3-6)11(8,9)10/h4-5,9-11,13,17-18H,3,6-8H2,1-2H3;2-5H,1H3,(H,8,9,10). The van der Waals surface area contributed by atoms with Gasteiger partial charge in [-0.3, -0.25) is 4.55 Å². The highest BCUT2D eigenvalue weighted by Crippen LogP contribution is 2.33. The van der Waals surface area contributed by atoms with Crippen LogP contribution in [0, 0.1) is 6.92 Å². The zero-order chi connectivity index (χ0) is 21.0. The molecule has 4 rings (SSSR count). The maximum atomic E-state index is 10.5. The Bertz CT molecular complexity index is 1060. The summed E-state index contributed by atoms with van der Waals surface area (Å²) in [6.07, 6.45) is 5.85. The highest BCUT2D eigenvalue weighted by Gasteiger charge is 2.22. The van der Waals surface area contributed by atoms with Crippen LogP contribution in [0.25, 0.3) is 10.9 Å². The number of fused-ring (bicyclic) bond motifs is 1. The number of H-pyrrole nitrogens is 1. The molecule has 5 nitrogen and oxygen atoms in total. The summed E-state index contributed by atoms with van der Waals surface area (Å²) in [7, 11) is -4.02. The zero-order valence-corrected chi connectivity index (χ0v) is 18.1. The van der Waals surface area contributed by atoms with E-state index in [-0.39, 0.29) is 4.90 Å². The third-order valence-corrected chi connectivity index (χ3v) is 6.44. The van der Waals surface area contributed by atoms with E-state index >= 15 is 0 Å². The lowest BCUT2D eigenvalue weighted by Gasteiger charge is -2.27. The second kappa shape index (κ2) is 9.11. The molecule has 1 saturated heterocycles. The lowest BCUT2D eigenvalue weighted by Crippen LogP contribution is -2.34. The zero-order valence-electron chi connectivity index (χ0n) is 17.3. The van der Waals surface area contributed by atoms with Crippen LogP contribution in [0.1, 0.15) is 49.3 Å². The maximum Gasteiger partial charge on any atom is 0.294 e. The summed E-state index contributed by atoms with van der Waals surface area (Å²) in [5.41, 5.74) is 5.20. The van der Waals surface area contributed by atoms with Gasteiger partial charge in [0.1, 0.15) is 0 Å². The molecule has 2 heterocycles. The number of piperidine rings is 1. The molecule has 2 unspecified atom stereocenters. The van der Waals surface area contributed by atoms with Gasteiger partial charge >= 0.3 is 0 Å². The minimum Gasteiger partial charge on any atom is -0.361 e. The summed E-state index contributed by atoms with van der Waals surface area (Å²) in [6.45, 7) is 7.50. The van der Waals surface area contributed by atoms with Crippen molar-refractivity contribution in [1.29, 1.82) is 0 Å². The number of benzene rings is 2. The van der Waals surface area contributed by atoms with E-state index in [0.29, 0.717) is 12.0 Å². The second-order valence-electron chi connectivity index (χ2n) is 7.84. The van der Waals surface area contributed by atoms with E-state index < -0.39 is 10.1 Å². The number of aryl methyl sites for hydroxylation is 2. The first kappa shape index (κ1) is 21.6. The molecular weight excluding hydrogens is 384 g/mol. The Balaban J connectivity index is 0.000000188. The van der Waals surface area contributed by atoms with Gasteiger partial charge in [0.2, 0.25) is 0 Å². The van der Waals surface area contributed by atoms with Crippen molar-refractivity contribution in [3.8, 4) is 0 Å². The van der Waals surface area contributed by atoms with Crippen molar-refractivity contribution in [3.63, 3.8) is 0 Å². The third kappa shape index (κ3) is 5.47. The molecule has 0 aliphatic carbocycles. The molecule has 0 bridgehead atoms. The lowest BCUT2D eigenvalue weighted by atomic mass is 9.86. The first-order chi connectivity index (χ1) is 13.8.